The Morgan fingerprint density at radius 1 is 0.707 bits per heavy atom. The average Bonchev–Trinajstić information content (AvgIpc) is 2.77. The fraction of sp³-hybridized carbons (Fsp3) is 0.821. The van der Waals surface area contributed by atoms with Crippen molar-refractivity contribution in [2.75, 3.05) is 0 Å². The van der Waals surface area contributed by atoms with E-state index in [4.69, 9.17) is 4.74 Å². The van der Waals surface area contributed by atoms with Gasteiger partial charge < -0.3 is 4.74 Å². The monoisotopic (exact) mass is 571 g/mol. The summed E-state index contributed by atoms with van der Waals surface area (Å²) in [5.41, 5.74) is 2.56. The van der Waals surface area contributed by atoms with Crippen LogP contribution >= 0.6 is 0 Å². The molecule has 2 unspecified atom stereocenters. The van der Waals surface area contributed by atoms with Crippen LogP contribution in [-0.2, 0) is 14.9 Å². The summed E-state index contributed by atoms with van der Waals surface area (Å²) >= 11 is 0. The molecule has 41 heavy (non-hydrogen) atoms. The predicted octanol–water partition coefficient (Wildman–Crippen LogP) is 12.0. The Hall–Kier alpha value is -1.31. The second-order valence-electron chi connectivity index (χ2n) is 19.0. The smallest absolute Gasteiger partial charge is 0.312 e. The van der Waals surface area contributed by atoms with E-state index >= 15 is 0 Å². The van der Waals surface area contributed by atoms with Crippen molar-refractivity contribution in [1.29, 1.82) is 0 Å². The minimum atomic E-state index is -0.573. The van der Waals surface area contributed by atoms with Crippen LogP contribution in [0.5, 0.6) is 0 Å². The third-order valence-electron chi connectivity index (χ3n) is 9.88. The molecule has 1 rings (SSSR count). The Labute approximate surface area is 257 Å². The first-order valence-electron chi connectivity index (χ1n) is 16.4. The van der Waals surface area contributed by atoms with Crippen molar-refractivity contribution in [2.24, 2.45) is 38.9 Å². The van der Waals surface area contributed by atoms with Crippen molar-refractivity contribution in [2.45, 2.75) is 168 Å². The SMILES string of the molecule is CC(C)C(OC(=O)C(C)(CC(C)(C)CCC(C)(C)C(CC(C)(C)C)c1ccc(C(C)(C)C)cc1)C(C)(C)C)C(C)C. The average molecular weight is 571 g/mol. The van der Waals surface area contributed by atoms with Gasteiger partial charge in [0.15, 0.2) is 0 Å². The van der Waals surface area contributed by atoms with Gasteiger partial charge in [-0.05, 0) is 88.6 Å². The molecule has 0 aliphatic rings. The number of esters is 1. The molecule has 0 fully saturated rings. The minimum Gasteiger partial charge on any atom is -0.461 e. The van der Waals surface area contributed by atoms with Crippen LogP contribution in [0.4, 0.5) is 0 Å². The zero-order valence-electron chi connectivity index (χ0n) is 30.8. The van der Waals surface area contributed by atoms with Crippen LogP contribution in [-0.4, -0.2) is 12.1 Å². The molecule has 0 aromatic heterocycles. The lowest BCUT2D eigenvalue weighted by Crippen LogP contribution is -2.47. The van der Waals surface area contributed by atoms with E-state index in [0.717, 1.165) is 25.7 Å². The molecule has 2 atom stereocenters. The van der Waals surface area contributed by atoms with Crippen molar-refractivity contribution < 1.29 is 9.53 Å². The predicted molar refractivity (Wildman–Crippen MR) is 180 cm³/mol. The Balaban J connectivity index is 3.29. The number of carbonyl (C=O) groups excluding carboxylic acids is 1. The van der Waals surface area contributed by atoms with Crippen molar-refractivity contribution in [3.05, 3.63) is 35.4 Å². The Morgan fingerprint density at radius 3 is 1.54 bits per heavy atom. The van der Waals surface area contributed by atoms with E-state index in [1.165, 1.54) is 11.1 Å². The highest BCUT2D eigenvalue weighted by Gasteiger charge is 2.50. The van der Waals surface area contributed by atoms with Crippen LogP contribution in [0.15, 0.2) is 24.3 Å². The van der Waals surface area contributed by atoms with Gasteiger partial charge in [0, 0.05) is 0 Å². The molecule has 0 bridgehead atoms. The lowest BCUT2D eigenvalue weighted by Gasteiger charge is -2.46. The molecule has 0 saturated heterocycles. The molecule has 0 aliphatic carbocycles. The highest BCUT2D eigenvalue weighted by Crippen LogP contribution is 2.52. The van der Waals surface area contributed by atoms with Crippen LogP contribution in [0.2, 0.25) is 0 Å². The Bertz CT molecular complexity index is 949. The second kappa shape index (κ2) is 13.1. The summed E-state index contributed by atoms with van der Waals surface area (Å²) < 4.78 is 6.30. The molecule has 0 spiro atoms. The molecule has 1 aromatic carbocycles. The van der Waals surface area contributed by atoms with Crippen LogP contribution in [0.3, 0.4) is 0 Å². The number of rotatable bonds is 12. The summed E-state index contributed by atoms with van der Waals surface area (Å²) in [6.07, 6.45) is 4.07. The molecule has 238 valence electrons. The highest BCUT2D eigenvalue weighted by molar-refractivity contribution is 5.77. The topological polar surface area (TPSA) is 26.3 Å². The maximum Gasteiger partial charge on any atom is 0.312 e. The zero-order chi connectivity index (χ0) is 32.4. The van der Waals surface area contributed by atoms with Gasteiger partial charge in [-0.2, -0.15) is 0 Å². The molecule has 0 saturated carbocycles. The molecule has 0 radical (unpaired) electrons. The minimum absolute atomic E-state index is 0.00808. The van der Waals surface area contributed by atoms with Gasteiger partial charge in [0.25, 0.3) is 0 Å². The normalized spacial score (nSPS) is 16.3. The first-order valence-corrected chi connectivity index (χ1v) is 16.4. The summed E-state index contributed by atoms with van der Waals surface area (Å²) in [5.74, 6) is 1.03. The zero-order valence-corrected chi connectivity index (χ0v) is 30.8. The Kier molecular flexibility index (Phi) is 12.1. The first-order chi connectivity index (χ1) is 18.1. The Morgan fingerprint density at radius 2 is 1.17 bits per heavy atom. The third kappa shape index (κ3) is 10.7. The van der Waals surface area contributed by atoms with Gasteiger partial charge in [-0.25, -0.2) is 0 Å². The van der Waals surface area contributed by atoms with Crippen LogP contribution < -0.4 is 0 Å². The number of hydrogen-bond donors (Lipinski definition) is 0. The van der Waals surface area contributed by atoms with Gasteiger partial charge in [-0.1, -0.05) is 142 Å². The van der Waals surface area contributed by atoms with Crippen molar-refractivity contribution in [3.8, 4) is 0 Å². The van der Waals surface area contributed by atoms with E-state index in [-0.39, 0.29) is 39.1 Å². The van der Waals surface area contributed by atoms with E-state index in [1.807, 2.05) is 0 Å². The van der Waals surface area contributed by atoms with Crippen LogP contribution in [0, 0.1) is 38.9 Å². The lowest BCUT2D eigenvalue weighted by atomic mass is 9.58. The number of hydrogen-bond acceptors (Lipinski definition) is 2. The van der Waals surface area contributed by atoms with Crippen molar-refractivity contribution in [1.82, 2.24) is 0 Å². The van der Waals surface area contributed by atoms with Crippen molar-refractivity contribution >= 4 is 5.97 Å². The maximum absolute atomic E-state index is 13.9. The summed E-state index contributed by atoms with van der Waals surface area (Å²) in [7, 11) is 0. The summed E-state index contributed by atoms with van der Waals surface area (Å²) in [4.78, 5) is 13.9. The quantitative estimate of drug-likeness (QED) is 0.234. The molecule has 0 heterocycles. The van der Waals surface area contributed by atoms with E-state index in [0.29, 0.717) is 17.8 Å². The fourth-order valence-corrected chi connectivity index (χ4v) is 6.49. The summed E-state index contributed by atoms with van der Waals surface area (Å²) in [6, 6.07) is 9.45. The maximum atomic E-state index is 13.9. The van der Waals surface area contributed by atoms with Gasteiger partial charge >= 0.3 is 5.97 Å². The van der Waals surface area contributed by atoms with Gasteiger partial charge in [0.1, 0.15) is 6.10 Å². The van der Waals surface area contributed by atoms with Gasteiger partial charge in [0.2, 0.25) is 0 Å². The number of ether oxygens (including phenoxy) is 1. The molecular formula is C39H70O2. The van der Waals surface area contributed by atoms with Crippen LogP contribution in [0.25, 0.3) is 0 Å². The molecule has 0 amide bonds. The molecule has 0 N–H and O–H groups in total. The third-order valence-corrected chi connectivity index (χ3v) is 9.88. The molecule has 2 nitrogen and oxygen atoms in total. The van der Waals surface area contributed by atoms with E-state index < -0.39 is 5.41 Å². The van der Waals surface area contributed by atoms with E-state index in [9.17, 15) is 4.79 Å². The van der Waals surface area contributed by atoms with E-state index in [2.05, 4.69) is 149 Å². The van der Waals surface area contributed by atoms with Gasteiger partial charge in [-0.3, -0.25) is 4.79 Å². The molecule has 0 aliphatic heterocycles. The molecule has 1 aromatic rings. The summed E-state index contributed by atoms with van der Waals surface area (Å²) in [5, 5.41) is 0. The van der Waals surface area contributed by atoms with E-state index in [1.54, 1.807) is 0 Å². The first kappa shape index (κ1) is 37.7. The van der Waals surface area contributed by atoms with Crippen LogP contribution in [0.1, 0.15) is 167 Å². The van der Waals surface area contributed by atoms with Gasteiger partial charge in [-0.15, -0.1) is 0 Å². The molecule has 2 heteroatoms. The van der Waals surface area contributed by atoms with Crippen molar-refractivity contribution in [3.63, 3.8) is 0 Å². The lowest BCUT2D eigenvalue weighted by molar-refractivity contribution is -0.175. The highest BCUT2D eigenvalue weighted by atomic mass is 16.5. The molecular weight excluding hydrogens is 500 g/mol. The number of benzene rings is 1. The standard InChI is InChI=1S/C39H70O2/c1-27(2)32(28(3)4)41-33(40)39(18,36(11,12)13)26-37(14,15)23-24-38(16,17)31(25-34(5,6)7)29-19-21-30(22-20-29)35(8,9)10/h19-22,27-28,31-32H,23-26H2,1-18H3. The fourth-order valence-electron chi connectivity index (χ4n) is 6.49. The largest absolute Gasteiger partial charge is 0.461 e. The number of carbonyl (C=O) groups is 1. The summed E-state index contributed by atoms with van der Waals surface area (Å²) in [6.45, 7) is 41.0. The second-order valence-corrected chi connectivity index (χ2v) is 19.0. The van der Waals surface area contributed by atoms with Gasteiger partial charge in [0.05, 0.1) is 5.41 Å².